The second-order valence-electron chi connectivity index (χ2n) is 5.15. The SMILES string of the molecule is NN(CCc1ccccc1)C(=O)c1cc2ccccc2cn1. The van der Waals surface area contributed by atoms with Crippen LogP contribution in [0.4, 0.5) is 0 Å². The molecule has 2 aromatic carbocycles. The summed E-state index contributed by atoms with van der Waals surface area (Å²) in [5.41, 5.74) is 1.52. The fourth-order valence-corrected chi connectivity index (χ4v) is 2.34. The fourth-order valence-electron chi connectivity index (χ4n) is 2.34. The molecule has 0 saturated carbocycles. The molecule has 0 aliphatic rings. The number of hydrogen-bond acceptors (Lipinski definition) is 3. The molecular weight excluding hydrogens is 274 g/mol. The van der Waals surface area contributed by atoms with Crippen LogP contribution in [-0.2, 0) is 6.42 Å². The Hall–Kier alpha value is -2.72. The van der Waals surface area contributed by atoms with Crippen molar-refractivity contribution in [1.82, 2.24) is 9.99 Å². The third-order valence-electron chi connectivity index (χ3n) is 3.60. The van der Waals surface area contributed by atoms with E-state index in [-0.39, 0.29) is 5.91 Å². The largest absolute Gasteiger partial charge is 0.286 e. The summed E-state index contributed by atoms with van der Waals surface area (Å²) in [6.07, 6.45) is 2.42. The van der Waals surface area contributed by atoms with Gasteiger partial charge in [0.1, 0.15) is 5.69 Å². The summed E-state index contributed by atoms with van der Waals surface area (Å²) in [4.78, 5) is 16.6. The number of carbonyl (C=O) groups excluding carboxylic acids is 1. The highest BCUT2D eigenvalue weighted by atomic mass is 16.2. The second kappa shape index (κ2) is 6.37. The van der Waals surface area contributed by atoms with Crippen molar-refractivity contribution in [3.8, 4) is 0 Å². The van der Waals surface area contributed by atoms with Crippen LogP contribution in [-0.4, -0.2) is 22.4 Å². The highest BCUT2D eigenvalue weighted by molar-refractivity contribution is 5.96. The number of hydrazine groups is 1. The van der Waals surface area contributed by atoms with Crippen molar-refractivity contribution in [3.05, 3.63) is 78.1 Å². The number of carbonyl (C=O) groups is 1. The molecule has 4 nitrogen and oxygen atoms in total. The van der Waals surface area contributed by atoms with E-state index < -0.39 is 0 Å². The molecule has 0 aliphatic heterocycles. The Bertz CT molecular complexity index is 786. The molecular formula is C18H17N3O. The van der Waals surface area contributed by atoms with Gasteiger partial charge in [-0.05, 0) is 23.4 Å². The Labute approximate surface area is 129 Å². The molecule has 3 aromatic rings. The van der Waals surface area contributed by atoms with Gasteiger partial charge < -0.3 is 0 Å². The van der Waals surface area contributed by atoms with Crippen molar-refractivity contribution in [3.63, 3.8) is 0 Å². The Morgan fingerprint density at radius 1 is 1.00 bits per heavy atom. The summed E-state index contributed by atoms with van der Waals surface area (Å²) >= 11 is 0. The first-order chi connectivity index (χ1) is 10.7. The van der Waals surface area contributed by atoms with E-state index in [0.29, 0.717) is 12.2 Å². The van der Waals surface area contributed by atoms with E-state index >= 15 is 0 Å². The van der Waals surface area contributed by atoms with E-state index in [2.05, 4.69) is 4.98 Å². The van der Waals surface area contributed by atoms with Crippen LogP contribution < -0.4 is 5.84 Å². The Balaban J connectivity index is 1.71. The summed E-state index contributed by atoms with van der Waals surface area (Å²) in [5.74, 6) is 5.62. The molecule has 0 radical (unpaired) electrons. The van der Waals surface area contributed by atoms with Crippen molar-refractivity contribution >= 4 is 16.7 Å². The zero-order valence-corrected chi connectivity index (χ0v) is 12.1. The zero-order chi connectivity index (χ0) is 15.4. The van der Waals surface area contributed by atoms with Crippen molar-refractivity contribution in [1.29, 1.82) is 0 Å². The van der Waals surface area contributed by atoms with Gasteiger partial charge in [0, 0.05) is 18.1 Å². The van der Waals surface area contributed by atoms with E-state index in [1.807, 2.05) is 54.6 Å². The van der Waals surface area contributed by atoms with Crippen LogP contribution in [0.5, 0.6) is 0 Å². The van der Waals surface area contributed by atoms with Crippen LogP contribution in [0, 0.1) is 0 Å². The average Bonchev–Trinajstić information content (AvgIpc) is 2.59. The number of benzene rings is 2. The minimum atomic E-state index is -0.262. The van der Waals surface area contributed by atoms with Gasteiger partial charge >= 0.3 is 0 Å². The number of pyridine rings is 1. The number of nitrogens with zero attached hydrogens (tertiary/aromatic N) is 2. The van der Waals surface area contributed by atoms with Crippen LogP contribution >= 0.6 is 0 Å². The lowest BCUT2D eigenvalue weighted by atomic mass is 10.1. The maximum atomic E-state index is 12.3. The normalized spacial score (nSPS) is 10.6. The molecule has 0 aliphatic carbocycles. The molecule has 0 fully saturated rings. The third-order valence-corrected chi connectivity index (χ3v) is 3.60. The summed E-state index contributed by atoms with van der Waals surface area (Å²) in [5, 5.41) is 3.22. The van der Waals surface area contributed by atoms with Crippen LogP contribution in [0.3, 0.4) is 0 Å². The maximum absolute atomic E-state index is 12.3. The van der Waals surface area contributed by atoms with Crippen molar-refractivity contribution < 1.29 is 4.79 Å². The molecule has 110 valence electrons. The molecule has 0 saturated heterocycles. The lowest BCUT2D eigenvalue weighted by Gasteiger charge is -2.16. The third kappa shape index (κ3) is 3.13. The number of fused-ring (bicyclic) bond motifs is 1. The number of nitrogens with two attached hydrogens (primary N) is 1. The number of rotatable bonds is 4. The molecule has 0 unspecified atom stereocenters. The summed E-state index contributed by atoms with van der Waals surface area (Å²) < 4.78 is 0. The van der Waals surface area contributed by atoms with E-state index in [9.17, 15) is 4.79 Å². The second-order valence-corrected chi connectivity index (χ2v) is 5.15. The maximum Gasteiger partial charge on any atom is 0.286 e. The van der Waals surface area contributed by atoms with Crippen molar-refractivity contribution in [2.24, 2.45) is 5.84 Å². The highest BCUT2D eigenvalue weighted by Crippen LogP contribution is 2.14. The van der Waals surface area contributed by atoms with E-state index in [1.165, 1.54) is 5.01 Å². The fraction of sp³-hybridized carbons (Fsp3) is 0.111. The standard InChI is InChI=1S/C18H17N3O/c19-21(11-10-14-6-2-1-3-7-14)18(22)17-12-15-8-4-5-9-16(15)13-20-17/h1-9,12-13H,10-11,19H2. The molecule has 1 aromatic heterocycles. The topological polar surface area (TPSA) is 59.2 Å². The van der Waals surface area contributed by atoms with Gasteiger partial charge in [0.15, 0.2) is 0 Å². The van der Waals surface area contributed by atoms with Gasteiger partial charge in [-0.3, -0.25) is 14.8 Å². The molecule has 1 amide bonds. The molecule has 1 heterocycles. The van der Waals surface area contributed by atoms with Gasteiger partial charge in [-0.25, -0.2) is 5.84 Å². The zero-order valence-electron chi connectivity index (χ0n) is 12.1. The Morgan fingerprint density at radius 3 is 2.45 bits per heavy atom. The average molecular weight is 291 g/mol. The summed E-state index contributed by atoms with van der Waals surface area (Å²) in [6, 6.07) is 19.5. The van der Waals surface area contributed by atoms with Gasteiger partial charge in [-0.1, -0.05) is 54.6 Å². The predicted molar refractivity (Wildman–Crippen MR) is 87.1 cm³/mol. The molecule has 3 rings (SSSR count). The van der Waals surface area contributed by atoms with E-state index in [0.717, 1.165) is 22.8 Å². The highest BCUT2D eigenvalue weighted by Gasteiger charge is 2.14. The monoisotopic (exact) mass is 291 g/mol. The van der Waals surface area contributed by atoms with Gasteiger partial charge in [0.05, 0.1) is 0 Å². The first-order valence-electron chi connectivity index (χ1n) is 7.19. The van der Waals surface area contributed by atoms with Crippen LogP contribution in [0.15, 0.2) is 66.9 Å². The van der Waals surface area contributed by atoms with Gasteiger partial charge in [-0.15, -0.1) is 0 Å². The first-order valence-corrected chi connectivity index (χ1v) is 7.19. The molecule has 0 atom stereocenters. The van der Waals surface area contributed by atoms with Crippen molar-refractivity contribution in [2.45, 2.75) is 6.42 Å². The predicted octanol–water partition coefficient (Wildman–Crippen LogP) is 2.79. The van der Waals surface area contributed by atoms with Gasteiger partial charge in [0.2, 0.25) is 0 Å². The quantitative estimate of drug-likeness (QED) is 0.457. The van der Waals surface area contributed by atoms with Crippen LogP contribution in [0.25, 0.3) is 10.8 Å². The van der Waals surface area contributed by atoms with Gasteiger partial charge in [-0.2, -0.15) is 0 Å². The van der Waals surface area contributed by atoms with Gasteiger partial charge in [0.25, 0.3) is 5.91 Å². The number of hydrogen-bond donors (Lipinski definition) is 1. The number of amides is 1. The number of aromatic nitrogens is 1. The minimum Gasteiger partial charge on any atom is -0.275 e. The molecule has 0 spiro atoms. The van der Waals surface area contributed by atoms with E-state index in [1.54, 1.807) is 12.3 Å². The summed E-state index contributed by atoms with van der Waals surface area (Å²) in [6.45, 7) is 0.456. The lowest BCUT2D eigenvalue weighted by Crippen LogP contribution is -2.39. The van der Waals surface area contributed by atoms with Crippen molar-refractivity contribution in [2.75, 3.05) is 6.54 Å². The van der Waals surface area contributed by atoms with E-state index in [4.69, 9.17) is 5.84 Å². The Kier molecular flexibility index (Phi) is 4.12. The smallest absolute Gasteiger partial charge is 0.275 e. The summed E-state index contributed by atoms with van der Waals surface area (Å²) in [7, 11) is 0. The molecule has 22 heavy (non-hydrogen) atoms. The van der Waals surface area contributed by atoms with Crippen LogP contribution in [0.1, 0.15) is 16.1 Å². The first kappa shape index (κ1) is 14.2. The molecule has 2 N–H and O–H groups in total. The van der Waals surface area contributed by atoms with Crippen LogP contribution in [0.2, 0.25) is 0 Å². The molecule has 0 bridgehead atoms. The Morgan fingerprint density at radius 2 is 1.68 bits per heavy atom. The molecule has 4 heteroatoms. The lowest BCUT2D eigenvalue weighted by molar-refractivity contribution is 0.0751. The minimum absolute atomic E-state index is 0.262.